The van der Waals surface area contributed by atoms with E-state index >= 15 is 0 Å². The van der Waals surface area contributed by atoms with E-state index in [9.17, 15) is 14.4 Å². The maximum absolute atomic E-state index is 14.7. The van der Waals surface area contributed by atoms with Crippen LogP contribution in [0.4, 0.5) is 0 Å². The van der Waals surface area contributed by atoms with E-state index in [4.69, 9.17) is 14.8 Å². The number of hydrogen-bond acceptors (Lipinski definition) is 6. The van der Waals surface area contributed by atoms with Crippen molar-refractivity contribution >= 4 is 17.7 Å². The maximum atomic E-state index is 14.7. The van der Waals surface area contributed by atoms with Crippen molar-refractivity contribution in [1.29, 1.82) is 0 Å². The third-order valence-electron chi connectivity index (χ3n) is 10.0. The lowest BCUT2D eigenvalue weighted by molar-refractivity contribution is -0.143. The summed E-state index contributed by atoms with van der Waals surface area (Å²) in [5, 5.41) is 8.03. The normalized spacial score (nSPS) is 22.4. The number of hydrogen-bond donors (Lipinski definition) is 1. The van der Waals surface area contributed by atoms with E-state index in [-0.39, 0.29) is 17.7 Å². The van der Waals surface area contributed by atoms with E-state index in [0.29, 0.717) is 63.5 Å². The summed E-state index contributed by atoms with van der Waals surface area (Å²) in [7, 11) is 1.65. The quantitative estimate of drug-likeness (QED) is 0.447. The highest BCUT2D eigenvalue weighted by Crippen LogP contribution is 2.43. The van der Waals surface area contributed by atoms with Gasteiger partial charge >= 0.3 is 0 Å². The number of piperidine rings is 1. The first kappa shape index (κ1) is 31.8. The van der Waals surface area contributed by atoms with Gasteiger partial charge in [-0.25, -0.2) is 9.67 Å². The second kappa shape index (κ2) is 14.1. The molecule has 1 saturated heterocycles. The Kier molecular flexibility index (Phi) is 9.70. The molecule has 3 amide bonds. The zero-order valence-corrected chi connectivity index (χ0v) is 27.1. The standard InChI is InChI=1S/C36H46N6O4/c1-26-37-33-30(25-27-11-4-3-5-12-27)38-34(44)31-13-6-9-22-41(31)32(43)14-10-21-40(23-24-42(33)39-26)35(45)36(19-7-8-20-36)28-15-17-29(46-2)18-16-28/h3-5,11-12,15-18,30-31H,6-10,13-14,19-25H2,1-2H3,(H,38,44)/t30-,31+/m1/s1. The smallest absolute Gasteiger partial charge is 0.243 e. The van der Waals surface area contributed by atoms with Crippen LogP contribution in [-0.2, 0) is 32.8 Å². The SMILES string of the molecule is COc1ccc(C2(C(=O)N3CCCC(=O)N4CCCC[C@H]4C(=O)N[C@H](Cc4ccccc4)c4nc(C)nn4CC3)CCCC2)cc1. The molecule has 2 aromatic carbocycles. The molecule has 2 fully saturated rings. The third kappa shape index (κ3) is 6.66. The average Bonchev–Trinajstić information content (AvgIpc) is 3.73. The number of benzene rings is 2. The second-order valence-electron chi connectivity index (χ2n) is 13.0. The number of aromatic nitrogens is 3. The number of carbonyl (C=O) groups is 3. The summed E-state index contributed by atoms with van der Waals surface area (Å²) in [6.07, 6.45) is 7.36. The maximum Gasteiger partial charge on any atom is 0.243 e. The van der Waals surface area contributed by atoms with Gasteiger partial charge in [-0.1, -0.05) is 55.3 Å². The van der Waals surface area contributed by atoms with Crippen LogP contribution in [0.1, 0.15) is 86.6 Å². The molecule has 3 aromatic rings. The average molecular weight is 627 g/mol. The number of methoxy groups -OCH3 is 1. The van der Waals surface area contributed by atoms with Gasteiger partial charge in [0.1, 0.15) is 23.4 Å². The lowest BCUT2D eigenvalue weighted by Gasteiger charge is -2.37. The van der Waals surface area contributed by atoms with Crippen LogP contribution in [0.25, 0.3) is 0 Å². The first-order valence-corrected chi connectivity index (χ1v) is 16.9. The fourth-order valence-corrected chi connectivity index (χ4v) is 7.63. The van der Waals surface area contributed by atoms with Crippen LogP contribution in [0.5, 0.6) is 5.75 Å². The highest BCUT2D eigenvalue weighted by Gasteiger charge is 2.45. The van der Waals surface area contributed by atoms with E-state index in [0.717, 1.165) is 55.4 Å². The molecule has 0 spiro atoms. The molecule has 2 aliphatic heterocycles. The fourth-order valence-electron chi connectivity index (χ4n) is 7.63. The lowest BCUT2D eigenvalue weighted by Crippen LogP contribution is -2.53. The van der Waals surface area contributed by atoms with E-state index in [2.05, 4.69) is 5.32 Å². The summed E-state index contributed by atoms with van der Waals surface area (Å²) in [6.45, 7) is 3.75. The van der Waals surface area contributed by atoms with E-state index < -0.39 is 17.5 Å². The molecule has 3 heterocycles. The topological polar surface area (TPSA) is 110 Å². The van der Waals surface area contributed by atoms with Gasteiger partial charge in [-0.05, 0) is 75.1 Å². The van der Waals surface area contributed by atoms with Crippen molar-refractivity contribution in [2.75, 3.05) is 26.7 Å². The summed E-state index contributed by atoms with van der Waals surface area (Å²) >= 11 is 0. The van der Waals surface area contributed by atoms with Crippen LogP contribution in [-0.4, -0.2) is 75.1 Å². The van der Waals surface area contributed by atoms with Crippen molar-refractivity contribution in [2.45, 2.75) is 95.2 Å². The third-order valence-corrected chi connectivity index (χ3v) is 10.0. The Hall–Kier alpha value is -4.21. The Balaban J connectivity index is 1.35. The van der Waals surface area contributed by atoms with E-state index in [1.54, 1.807) is 12.0 Å². The summed E-state index contributed by atoms with van der Waals surface area (Å²) < 4.78 is 7.27. The number of fused-ring (bicyclic) bond motifs is 2. The van der Waals surface area contributed by atoms with Gasteiger partial charge in [0, 0.05) is 26.1 Å². The zero-order chi connectivity index (χ0) is 32.1. The number of rotatable bonds is 5. The van der Waals surface area contributed by atoms with E-state index in [1.165, 1.54) is 0 Å². The lowest BCUT2D eigenvalue weighted by atomic mass is 9.77. The minimum absolute atomic E-state index is 0.0198. The van der Waals surface area contributed by atoms with Crippen molar-refractivity contribution in [3.05, 3.63) is 77.4 Å². The number of aryl methyl sites for hydroxylation is 1. The van der Waals surface area contributed by atoms with Crippen LogP contribution in [0.2, 0.25) is 0 Å². The van der Waals surface area contributed by atoms with Crippen molar-refractivity contribution in [3.63, 3.8) is 0 Å². The van der Waals surface area contributed by atoms with Crippen molar-refractivity contribution in [3.8, 4) is 5.75 Å². The van der Waals surface area contributed by atoms with E-state index in [1.807, 2.05) is 71.1 Å². The van der Waals surface area contributed by atoms with Gasteiger partial charge < -0.3 is 19.9 Å². The predicted octanol–water partition coefficient (Wildman–Crippen LogP) is 4.51. The molecule has 1 N–H and O–H groups in total. The minimum atomic E-state index is -0.607. The van der Waals surface area contributed by atoms with Gasteiger partial charge in [-0.15, -0.1) is 0 Å². The largest absolute Gasteiger partial charge is 0.497 e. The number of ether oxygens (including phenoxy) is 1. The summed E-state index contributed by atoms with van der Waals surface area (Å²) in [5.41, 5.74) is 1.48. The highest BCUT2D eigenvalue weighted by atomic mass is 16.5. The Morgan fingerprint density at radius 2 is 1.70 bits per heavy atom. The molecule has 1 aromatic heterocycles. The van der Waals surface area contributed by atoms with Gasteiger partial charge in [0.05, 0.1) is 25.1 Å². The molecule has 0 unspecified atom stereocenters. The molecular weight excluding hydrogens is 580 g/mol. The van der Waals surface area contributed by atoms with Crippen LogP contribution >= 0.6 is 0 Å². The number of nitrogens with zero attached hydrogens (tertiary/aromatic N) is 5. The molecule has 0 radical (unpaired) electrons. The van der Waals surface area contributed by atoms with Crippen LogP contribution in [0.15, 0.2) is 54.6 Å². The van der Waals surface area contributed by atoms with Gasteiger partial charge in [-0.2, -0.15) is 5.10 Å². The molecule has 1 saturated carbocycles. The molecule has 3 aliphatic rings. The minimum Gasteiger partial charge on any atom is -0.497 e. The number of nitrogens with one attached hydrogen (secondary N) is 1. The van der Waals surface area contributed by atoms with Crippen molar-refractivity contribution in [2.24, 2.45) is 0 Å². The number of carbonyl (C=O) groups excluding carboxylic acids is 3. The molecule has 6 rings (SSSR count). The van der Waals surface area contributed by atoms with Gasteiger partial charge in [0.2, 0.25) is 17.7 Å². The molecule has 10 nitrogen and oxygen atoms in total. The molecule has 1 aliphatic carbocycles. The van der Waals surface area contributed by atoms with Crippen molar-refractivity contribution < 1.29 is 19.1 Å². The van der Waals surface area contributed by atoms with Crippen LogP contribution in [0, 0.1) is 6.92 Å². The Bertz CT molecular complexity index is 1510. The first-order chi connectivity index (χ1) is 22.4. The molecule has 244 valence electrons. The Morgan fingerprint density at radius 1 is 0.935 bits per heavy atom. The fraction of sp³-hybridized carbons (Fsp3) is 0.528. The Labute approximate surface area is 271 Å². The molecule has 0 bridgehead atoms. The monoisotopic (exact) mass is 626 g/mol. The summed E-state index contributed by atoms with van der Waals surface area (Å²) in [4.78, 5) is 50.7. The first-order valence-electron chi connectivity index (χ1n) is 16.9. The second-order valence-corrected chi connectivity index (χ2v) is 13.0. The predicted molar refractivity (Wildman–Crippen MR) is 174 cm³/mol. The highest BCUT2D eigenvalue weighted by molar-refractivity contribution is 5.89. The van der Waals surface area contributed by atoms with Gasteiger partial charge in [-0.3, -0.25) is 14.4 Å². The summed E-state index contributed by atoms with van der Waals surface area (Å²) in [5.74, 6) is 2.00. The molecular formula is C36H46N6O4. The van der Waals surface area contributed by atoms with Crippen LogP contribution in [0.3, 0.4) is 0 Å². The van der Waals surface area contributed by atoms with Gasteiger partial charge in [0.15, 0.2) is 0 Å². The molecule has 10 heteroatoms. The van der Waals surface area contributed by atoms with Gasteiger partial charge in [0.25, 0.3) is 0 Å². The van der Waals surface area contributed by atoms with Crippen LogP contribution < -0.4 is 10.1 Å². The van der Waals surface area contributed by atoms with Crippen molar-refractivity contribution in [1.82, 2.24) is 29.9 Å². The number of amides is 3. The summed E-state index contributed by atoms with van der Waals surface area (Å²) in [6, 6.07) is 17.0. The molecule has 46 heavy (non-hydrogen) atoms. The Morgan fingerprint density at radius 3 is 2.43 bits per heavy atom. The molecule has 2 atom stereocenters. The zero-order valence-electron chi connectivity index (χ0n) is 27.1.